The molecule has 0 bridgehead atoms. The van der Waals surface area contributed by atoms with Gasteiger partial charge in [-0.3, -0.25) is 0 Å². The Labute approximate surface area is 121 Å². The van der Waals surface area contributed by atoms with Gasteiger partial charge in [-0.15, -0.1) is 0 Å². The molecule has 0 unspecified atom stereocenters. The molecule has 1 aromatic carbocycles. The molecule has 0 spiro atoms. The van der Waals surface area contributed by atoms with Gasteiger partial charge >= 0.3 is 0 Å². The lowest BCUT2D eigenvalue weighted by molar-refractivity contribution is -0.270. The SMILES string of the molecule is COc1ccc(C(C)(C)C)cc1C1(CN)OCCCO1. The Balaban J connectivity index is 2.51. The molecule has 0 aliphatic carbocycles. The largest absolute Gasteiger partial charge is 0.496 e. The summed E-state index contributed by atoms with van der Waals surface area (Å²) in [6.07, 6.45) is 0.892. The topological polar surface area (TPSA) is 53.7 Å². The number of rotatable bonds is 3. The fourth-order valence-electron chi connectivity index (χ4n) is 2.43. The van der Waals surface area contributed by atoms with E-state index in [0.717, 1.165) is 17.7 Å². The third kappa shape index (κ3) is 2.82. The van der Waals surface area contributed by atoms with Crippen molar-refractivity contribution < 1.29 is 14.2 Å². The zero-order chi connectivity index (χ0) is 14.8. The van der Waals surface area contributed by atoms with E-state index in [1.54, 1.807) is 7.11 Å². The molecule has 1 fully saturated rings. The van der Waals surface area contributed by atoms with Crippen LogP contribution < -0.4 is 10.5 Å². The normalized spacial score (nSPS) is 18.9. The average Bonchev–Trinajstić information content (AvgIpc) is 2.46. The molecule has 0 saturated carbocycles. The van der Waals surface area contributed by atoms with Crippen molar-refractivity contribution in [1.29, 1.82) is 0 Å². The average molecular weight is 279 g/mol. The Bertz CT molecular complexity index is 459. The molecular formula is C16H25NO3. The first-order valence-corrected chi connectivity index (χ1v) is 7.10. The number of methoxy groups -OCH3 is 1. The highest BCUT2D eigenvalue weighted by molar-refractivity contribution is 5.42. The maximum Gasteiger partial charge on any atom is 0.211 e. The lowest BCUT2D eigenvalue weighted by Crippen LogP contribution is -2.44. The lowest BCUT2D eigenvalue weighted by Gasteiger charge is -2.38. The fraction of sp³-hybridized carbons (Fsp3) is 0.625. The van der Waals surface area contributed by atoms with Gasteiger partial charge in [0.1, 0.15) is 5.75 Å². The minimum atomic E-state index is -0.884. The highest BCUT2D eigenvalue weighted by Crippen LogP contribution is 2.38. The van der Waals surface area contributed by atoms with Gasteiger partial charge in [0.2, 0.25) is 5.79 Å². The highest BCUT2D eigenvalue weighted by atomic mass is 16.7. The van der Waals surface area contributed by atoms with Crippen LogP contribution >= 0.6 is 0 Å². The van der Waals surface area contributed by atoms with Crippen molar-refractivity contribution in [1.82, 2.24) is 0 Å². The van der Waals surface area contributed by atoms with Gasteiger partial charge in [0.25, 0.3) is 0 Å². The molecule has 4 heteroatoms. The first-order chi connectivity index (χ1) is 9.43. The van der Waals surface area contributed by atoms with Crippen LogP contribution in [-0.2, 0) is 20.7 Å². The van der Waals surface area contributed by atoms with Crippen molar-refractivity contribution in [3.63, 3.8) is 0 Å². The molecule has 1 aliphatic rings. The molecule has 0 amide bonds. The first kappa shape index (κ1) is 15.3. The van der Waals surface area contributed by atoms with E-state index < -0.39 is 5.79 Å². The predicted molar refractivity (Wildman–Crippen MR) is 78.9 cm³/mol. The van der Waals surface area contributed by atoms with Gasteiger partial charge in [-0.1, -0.05) is 26.8 Å². The minimum absolute atomic E-state index is 0.0471. The zero-order valence-electron chi connectivity index (χ0n) is 12.9. The van der Waals surface area contributed by atoms with Crippen molar-refractivity contribution in [3.8, 4) is 5.75 Å². The summed E-state index contributed by atoms with van der Waals surface area (Å²) in [5, 5.41) is 0. The molecule has 112 valence electrons. The second kappa shape index (κ2) is 5.72. The molecular weight excluding hydrogens is 254 g/mol. The molecule has 0 atom stereocenters. The van der Waals surface area contributed by atoms with Gasteiger partial charge < -0.3 is 19.9 Å². The molecule has 1 aliphatic heterocycles. The van der Waals surface area contributed by atoms with E-state index in [0.29, 0.717) is 13.2 Å². The Morgan fingerprint density at radius 3 is 2.40 bits per heavy atom. The Morgan fingerprint density at radius 2 is 1.90 bits per heavy atom. The molecule has 1 saturated heterocycles. The number of nitrogens with two attached hydrogens (primary N) is 1. The van der Waals surface area contributed by atoms with Crippen LogP contribution in [0.2, 0.25) is 0 Å². The summed E-state index contributed by atoms with van der Waals surface area (Å²) >= 11 is 0. The fourth-order valence-corrected chi connectivity index (χ4v) is 2.43. The van der Waals surface area contributed by atoms with E-state index in [1.165, 1.54) is 5.56 Å². The quantitative estimate of drug-likeness (QED) is 0.924. The van der Waals surface area contributed by atoms with Crippen molar-refractivity contribution in [2.75, 3.05) is 26.9 Å². The van der Waals surface area contributed by atoms with Crippen LogP contribution in [0.15, 0.2) is 18.2 Å². The molecule has 2 N–H and O–H groups in total. The van der Waals surface area contributed by atoms with Crippen molar-refractivity contribution in [3.05, 3.63) is 29.3 Å². The van der Waals surface area contributed by atoms with Crippen LogP contribution in [0.4, 0.5) is 0 Å². The number of hydrogen-bond donors (Lipinski definition) is 1. The summed E-state index contributed by atoms with van der Waals surface area (Å²) in [5.41, 5.74) is 8.09. The van der Waals surface area contributed by atoms with E-state index in [-0.39, 0.29) is 12.0 Å². The summed E-state index contributed by atoms with van der Waals surface area (Å²) < 4.78 is 17.2. The standard InChI is InChI=1S/C16H25NO3/c1-15(2,3)12-6-7-14(18-4)13(10-12)16(11-17)19-8-5-9-20-16/h6-7,10H,5,8-9,11,17H2,1-4H3. The summed E-state index contributed by atoms with van der Waals surface area (Å²) in [6.45, 7) is 8.11. The lowest BCUT2D eigenvalue weighted by atomic mass is 9.85. The predicted octanol–water partition coefficient (Wildman–Crippen LogP) is 2.54. The van der Waals surface area contributed by atoms with Gasteiger partial charge in [0.15, 0.2) is 0 Å². The molecule has 4 nitrogen and oxygen atoms in total. The maximum atomic E-state index is 5.95. The Morgan fingerprint density at radius 1 is 1.25 bits per heavy atom. The van der Waals surface area contributed by atoms with Gasteiger partial charge in [-0.05, 0) is 29.5 Å². The van der Waals surface area contributed by atoms with Gasteiger partial charge in [-0.2, -0.15) is 0 Å². The second-order valence-electron chi connectivity index (χ2n) is 6.17. The van der Waals surface area contributed by atoms with Crippen LogP contribution in [0.5, 0.6) is 5.75 Å². The monoisotopic (exact) mass is 279 g/mol. The van der Waals surface area contributed by atoms with E-state index in [1.807, 2.05) is 6.07 Å². The molecule has 1 aromatic rings. The molecule has 20 heavy (non-hydrogen) atoms. The zero-order valence-corrected chi connectivity index (χ0v) is 12.9. The minimum Gasteiger partial charge on any atom is -0.496 e. The smallest absolute Gasteiger partial charge is 0.211 e. The van der Waals surface area contributed by atoms with Crippen molar-refractivity contribution in [2.24, 2.45) is 5.73 Å². The van der Waals surface area contributed by atoms with E-state index in [4.69, 9.17) is 19.9 Å². The van der Waals surface area contributed by atoms with Crippen LogP contribution in [0.1, 0.15) is 38.3 Å². The third-order valence-electron chi connectivity index (χ3n) is 3.70. The number of hydrogen-bond acceptors (Lipinski definition) is 4. The van der Waals surface area contributed by atoms with Crippen molar-refractivity contribution >= 4 is 0 Å². The van der Waals surface area contributed by atoms with E-state index in [2.05, 4.69) is 32.9 Å². The van der Waals surface area contributed by atoms with Gasteiger partial charge in [-0.25, -0.2) is 0 Å². The molecule has 0 radical (unpaired) electrons. The Kier molecular flexibility index (Phi) is 4.37. The second-order valence-corrected chi connectivity index (χ2v) is 6.17. The van der Waals surface area contributed by atoms with Gasteiger partial charge in [0, 0.05) is 0 Å². The summed E-state index contributed by atoms with van der Waals surface area (Å²) in [4.78, 5) is 0. The molecule has 1 heterocycles. The highest BCUT2D eigenvalue weighted by Gasteiger charge is 2.38. The third-order valence-corrected chi connectivity index (χ3v) is 3.70. The summed E-state index contributed by atoms with van der Waals surface area (Å²) in [7, 11) is 1.66. The number of benzene rings is 1. The van der Waals surface area contributed by atoms with Crippen molar-refractivity contribution in [2.45, 2.75) is 38.4 Å². The maximum absolute atomic E-state index is 5.95. The van der Waals surface area contributed by atoms with Crippen LogP contribution in [0.25, 0.3) is 0 Å². The Hall–Kier alpha value is -1.10. The van der Waals surface area contributed by atoms with Gasteiger partial charge in [0.05, 0.1) is 32.4 Å². The van der Waals surface area contributed by atoms with Crippen LogP contribution in [-0.4, -0.2) is 26.9 Å². The first-order valence-electron chi connectivity index (χ1n) is 7.10. The number of ether oxygens (including phenoxy) is 3. The summed E-state index contributed by atoms with van der Waals surface area (Å²) in [5.74, 6) is -0.129. The van der Waals surface area contributed by atoms with Crippen LogP contribution in [0.3, 0.4) is 0 Å². The molecule has 0 aromatic heterocycles. The summed E-state index contributed by atoms with van der Waals surface area (Å²) in [6, 6.07) is 6.14. The molecule has 2 rings (SSSR count). The van der Waals surface area contributed by atoms with E-state index in [9.17, 15) is 0 Å². The van der Waals surface area contributed by atoms with E-state index >= 15 is 0 Å². The van der Waals surface area contributed by atoms with Crippen LogP contribution in [0, 0.1) is 0 Å².